The van der Waals surface area contributed by atoms with E-state index >= 15 is 0 Å². The molecule has 5 aliphatic heterocycles. The van der Waals surface area contributed by atoms with E-state index in [9.17, 15) is 79.8 Å². The predicted octanol–water partition coefficient (Wildman–Crippen LogP) is -11.7. The van der Waals surface area contributed by atoms with Crippen LogP contribution in [0.3, 0.4) is 0 Å². The molecule has 32 heteroatoms. The zero-order valence-electron chi connectivity index (χ0n) is 41.9. The van der Waals surface area contributed by atoms with Gasteiger partial charge in [0.1, 0.15) is 97.0 Å². The second kappa shape index (κ2) is 26.8. The molecule has 0 radical (unpaired) electrons. The van der Waals surface area contributed by atoms with E-state index in [4.69, 9.17) is 30.4 Å². The third kappa shape index (κ3) is 14.7. The van der Waals surface area contributed by atoms with Gasteiger partial charge < -0.3 is 124 Å². The van der Waals surface area contributed by atoms with Crippen molar-refractivity contribution in [2.45, 2.75) is 129 Å². The molecule has 4 unspecified atom stereocenters. The lowest BCUT2D eigenvalue weighted by molar-refractivity contribution is -0.352. The Hall–Kier alpha value is -6.92. The maximum atomic E-state index is 14.8. The van der Waals surface area contributed by atoms with Crippen LogP contribution in [0, 0.1) is 0 Å². The first-order valence-corrected chi connectivity index (χ1v) is 25.0. The van der Waals surface area contributed by atoms with Crippen molar-refractivity contribution in [3.8, 4) is 5.75 Å². The van der Waals surface area contributed by atoms with Crippen LogP contribution >= 0.6 is 0 Å². The summed E-state index contributed by atoms with van der Waals surface area (Å²) in [4.78, 5) is 92.5. The van der Waals surface area contributed by atoms with Crippen LogP contribution in [0.5, 0.6) is 5.75 Å². The van der Waals surface area contributed by atoms with Crippen LogP contribution in [0.4, 0.5) is 0 Å². The molecule has 6 amide bonds. The zero-order valence-corrected chi connectivity index (χ0v) is 41.9. The molecule has 7 rings (SSSR count). The second-order valence-corrected chi connectivity index (χ2v) is 19.2. The van der Waals surface area contributed by atoms with Gasteiger partial charge in [0.15, 0.2) is 18.2 Å². The summed E-state index contributed by atoms with van der Waals surface area (Å²) in [5, 5.41) is 126. The smallest absolute Gasteiger partial charge is 0.246 e. The highest BCUT2D eigenvalue weighted by molar-refractivity contribution is 5.98. The summed E-state index contributed by atoms with van der Waals surface area (Å²) >= 11 is 0. The molecule has 5 aliphatic rings. The lowest BCUT2D eigenvalue weighted by Gasteiger charge is -2.45. The SMILES string of the molecule is NC1=NCC(C(O)[C@@H]2NC(=O)[C@@H](Cc3ccc(O[C@H]4O[C@H](CO)[C@@H](O[C@H]5O[C@H](CO)[C@@H](O)[C@H](O)[C@@H]5O)[C@H](O)[C@@H]4O)cc3)NC(=O)[C@H](Cc3ccccc3)NC(=O)CNC(=O)[C@H](CO)NC(=O)[C@@H](C(O)C3CN=C(N)N3)NC2=O)N1. The van der Waals surface area contributed by atoms with Gasteiger partial charge in [-0.1, -0.05) is 42.5 Å². The summed E-state index contributed by atoms with van der Waals surface area (Å²) in [7, 11) is 0. The number of carbonyl (C=O) groups excluding carboxylic acids is 6. The lowest BCUT2D eigenvalue weighted by atomic mass is 9.97. The lowest BCUT2D eigenvalue weighted by Crippen LogP contribution is -2.67. The average Bonchev–Trinajstić information content (AvgIpc) is 4.10. The maximum absolute atomic E-state index is 14.8. The van der Waals surface area contributed by atoms with E-state index in [1.54, 1.807) is 30.3 Å². The fourth-order valence-electron chi connectivity index (χ4n) is 9.18. The molecule has 3 saturated heterocycles. The number of hydrogen-bond acceptors (Lipinski definition) is 26. The number of aliphatic imine (C=N–C) groups is 2. The number of nitrogens with zero attached hydrogens (tertiary/aromatic N) is 2. The second-order valence-electron chi connectivity index (χ2n) is 19.2. The zero-order chi connectivity index (χ0) is 57.2. The molecule has 32 nitrogen and oxygen atoms in total. The molecule has 22 N–H and O–H groups in total. The highest BCUT2D eigenvalue weighted by Crippen LogP contribution is 2.31. The van der Waals surface area contributed by atoms with Gasteiger partial charge >= 0.3 is 0 Å². The summed E-state index contributed by atoms with van der Waals surface area (Å²) < 4.78 is 22.5. The van der Waals surface area contributed by atoms with Gasteiger partial charge in [-0.05, 0) is 23.3 Å². The molecular formula is C47H66N12O20. The van der Waals surface area contributed by atoms with Gasteiger partial charge in [-0.15, -0.1) is 0 Å². The van der Waals surface area contributed by atoms with E-state index in [0.717, 1.165) is 0 Å². The molecule has 0 aromatic heterocycles. The van der Waals surface area contributed by atoms with Crippen LogP contribution in [0.25, 0.3) is 0 Å². The Labute approximate surface area is 448 Å². The van der Waals surface area contributed by atoms with Crippen molar-refractivity contribution >= 4 is 47.4 Å². The predicted molar refractivity (Wildman–Crippen MR) is 266 cm³/mol. The molecule has 79 heavy (non-hydrogen) atoms. The van der Waals surface area contributed by atoms with Crippen LogP contribution < -0.4 is 58.7 Å². The van der Waals surface area contributed by atoms with Crippen LogP contribution in [0.2, 0.25) is 0 Å². The van der Waals surface area contributed by atoms with Crippen molar-refractivity contribution in [3.05, 3.63) is 65.7 Å². The number of ether oxygens (including phenoxy) is 4. The highest BCUT2D eigenvalue weighted by atomic mass is 16.7. The van der Waals surface area contributed by atoms with Crippen molar-refractivity contribution in [3.63, 3.8) is 0 Å². The Bertz CT molecular complexity index is 2520. The minimum absolute atomic E-state index is 0.0283. The molecule has 0 bridgehead atoms. The highest BCUT2D eigenvalue weighted by Gasteiger charge is 2.51. The van der Waals surface area contributed by atoms with E-state index in [1.807, 2.05) is 0 Å². The fraction of sp³-hybridized carbons (Fsp3) is 0.574. The molecule has 5 heterocycles. The summed E-state index contributed by atoms with van der Waals surface area (Å²) in [6, 6.07) is 2.57. The first-order chi connectivity index (χ1) is 37.7. The van der Waals surface area contributed by atoms with Crippen molar-refractivity contribution in [1.82, 2.24) is 42.5 Å². The number of guanidine groups is 2. The molecular weight excluding hydrogens is 1050 g/mol. The van der Waals surface area contributed by atoms with Gasteiger partial charge in [-0.25, -0.2) is 0 Å². The van der Waals surface area contributed by atoms with Crippen molar-refractivity contribution < 1.29 is 98.8 Å². The average molecular weight is 1120 g/mol. The number of rotatable bonds is 15. The molecule has 3 fully saturated rings. The summed E-state index contributed by atoms with van der Waals surface area (Å²) in [5.41, 5.74) is 12.4. The van der Waals surface area contributed by atoms with Crippen LogP contribution in [-0.4, -0.2) is 254 Å². The number of carbonyl (C=O) groups is 6. The van der Waals surface area contributed by atoms with Crippen molar-refractivity contribution in [1.29, 1.82) is 0 Å². The number of nitrogens with two attached hydrogens (primary N) is 2. The van der Waals surface area contributed by atoms with Gasteiger partial charge in [-0.3, -0.25) is 38.8 Å². The normalized spacial score (nSPS) is 35.0. The van der Waals surface area contributed by atoms with Gasteiger partial charge in [0.25, 0.3) is 0 Å². The third-order valence-electron chi connectivity index (χ3n) is 13.6. The number of hydrogen-bond donors (Lipinski definition) is 20. The van der Waals surface area contributed by atoms with Gasteiger partial charge in [0, 0.05) is 12.8 Å². The van der Waals surface area contributed by atoms with E-state index < -0.39 is 184 Å². The Morgan fingerprint density at radius 1 is 0.544 bits per heavy atom. The molecule has 0 aliphatic carbocycles. The Morgan fingerprint density at radius 3 is 1.61 bits per heavy atom. The number of aliphatic hydroxyl groups is 10. The molecule has 19 atom stereocenters. The monoisotopic (exact) mass is 1120 g/mol. The Kier molecular flexibility index (Phi) is 20.3. The first-order valence-electron chi connectivity index (χ1n) is 25.0. The quantitative estimate of drug-likeness (QED) is 0.0787. The van der Waals surface area contributed by atoms with Gasteiger partial charge in [0.05, 0.1) is 51.5 Å². The van der Waals surface area contributed by atoms with E-state index in [-0.39, 0.29) is 42.7 Å². The van der Waals surface area contributed by atoms with Crippen LogP contribution in [-0.2, 0) is 55.8 Å². The third-order valence-corrected chi connectivity index (χ3v) is 13.6. The Balaban J connectivity index is 1.16. The van der Waals surface area contributed by atoms with Crippen molar-refractivity contribution in [2.75, 3.05) is 39.5 Å². The van der Waals surface area contributed by atoms with Crippen molar-refractivity contribution in [2.24, 2.45) is 21.5 Å². The Morgan fingerprint density at radius 2 is 1.05 bits per heavy atom. The standard InChI is InChI=1S/C47H66N12O20/c48-46-51-12-23(56-46)31(64)29-42(74)55-25(15-60)39(71)50-14-28(63)53-21(10-18-4-2-1-3-5-18)40(72)54-22(41(73)58-30(43(75)59-29)32(65)24-13-52-47(49)57-24)11-19-6-8-20(9-7-19)76-44-37(70)35(68)38(27(17-62)78-44)79-45-36(69)34(67)33(66)26(16-61)77-45/h1-9,21-27,29-38,44-45,60-62,64-70H,10-17H2,(H,50,71)(H,53,63)(H,54,72)(H,55,74)(H,58,73)(H,59,75)(H3,48,51,56)(H3,49,52,57)/t21-,22+,23?,24?,25-,26+,27+,29+,30-,31?,32?,33+,34-,35+,36-,37-,38+,44-,45+/m0/s1. The molecule has 0 saturated carbocycles. The minimum Gasteiger partial charge on any atom is -0.462 e. The first kappa shape index (κ1) is 59.7. The largest absolute Gasteiger partial charge is 0.462 e. The van der Waals surface area contributed by atoms with E-state index in [1.165, 1.54) is 24.3 Å². The van der Waals surface area contributed by atoms with Crippen LogP contribution in [0.15, 0.2) is 64.6 Å². The van der Waals surface area contributed by atoms with Gasteiger partial charge in [-0.2, -0.15) is 0 Å². The van der Waals surface area contributed by atoms with Crippen LogP contribution in [0.1, 0.15) is 11.1 Å². The van der Waals surface area contributed by atoms with E-state index in [0.29, 0.717) is 5.56 Å². The summed E-state index contributed by atoms with van der Waals surface area (Å²) in [5.74, 6) is -6.92. The maximum Gasteiger partial charge on any atom is 0.246 e. The molecule has 2 aromatic rings. The molecule has 0 spiro atoms. The number of amides is 6. The number of benzene rings is 2. The number of nitrogens with one attached hydrogen (secondary N) is 8. The summed E-state index contributed by atoms with van der Waals surface area (Å²) in [6.07, 6.45) is -21.6. The topological polar surface area (TPSA) is 515 Å². The van der Waals surface area contributed by atoms with Gasteiger partial charge in [0.2, 0.25) is 41.7 Å². The molecule has 2 aromatic carbocycles. The molecule has 434 valence electrons. The summed E-state index contributed by atoms with van der Waals surface area (Å²) in [6.45, 7) is -3.90. The number of aliphatic hydroxyl groups excluding tert-OH is 10. The van der Waals surface area contributed by atoms with E-state index in [2.05, 4.69) is 52.5 Å². The fourth-order valence-corrected chi connectivity index (χ4v) is 9.18. The minimum atomic E-state index is -2.06.